The van der Waals surface area contributed by atoms with E-state index in [1.807, 2.05) is 0 Å². The maximum absolute atomic E-state index is 12.0. The second-order valence-corrected chi connectivity index (χ2v) is 6.59. The van der Waals surface area contributed by atoms with Crippen molar-refractivity contribution in [2.75, 3.05) is 0 Å². The molecule has 1 heterocycles. The van der Waals surface area contributed by atoms with Gasteiger partial charge in [0.25, 0.3) is 0 Å². The van der Waals surface area contributed by atoms with Gasteiger partial charge < -0.3 is 0 Å². The maximum Gasteiger partial charge on any atom is 0.183 e. The standard InChI is InChI=1S/C10H14ClNO2S/c1-6(2)15(13,14)9-7(3)5-8(4)12-10(9)11/h5-6H,1-4H3. The van der Waals surface area contributed by atoms with Gasteiger partial charge in [-0.15, -0.1) is 0 Å². The van der Waals surface area contributed by atoms with Gasteiger partial charge in [0.1, 0.15) is 10.0 Å². The number of hydrogen-bond acceptors (Lipinski definition) is 3. The van der Waals surface area contributed by atoms with Crippen LogP contribution in [0.2, 0.25) is 5.15 Å². The first-order valence-electron chi connectivity index (χ1n) is 4.64. The lowest BCUT2D eigenvalue weighted by Gasteiger charge is -2.12. The van der Waals surface area contributed by atoms with E-state index in [-0.39, 0.29) is 10.0 Å². The highest BCUT2D eigenvalue weighted by Gasteiger charge is 2.25. The number of aryl methyl sites for hydroxylation is 2. The van der Waals surface area contributed by atoms with Crippen LogP contribution in [-0.4, -0.2) is 18.7 Å². The van der Waals surface area contributed by atoms with Crippen molar-refractivity contribution in [3.8, 4) is 0 Å². The van der Waals surface area contributed by atoms with Crippen LogP contribution in [0.15, 0.2) is 11.0 Å². The molecular formula is C10H14ClNO2S. The summed E-state index contributed by atoms with van der Waals surface area (Å²) >= 11 is 5.87. The fourth-order valence-corrected chi connectivity index (χ4v) is 3.22. The average Bonchev–Trinajstić information content (AvgIpc) is 2.00. The normalized spacial score (nSPS) is 12.1. The summed E-state index contributed by atoms with van der Waals surface area (Å²) in [6.45, 7) is 6.77. The van der Waals surface area contributed by atoms with Crippen LogP contribution >= 0.6 is 11.6 Å². The van der Waals surface area contributed by atoms with E-state index >= 15 is 0 Å². The highest BCUT2D eigenvalue weighted by atomic mass is 35.5. The van der Waals surface area contributed by atoms with Gasteiger partial charge >= 0.3 is 0 Å². The number of rotatable bonds is 2. The number of aromatic nitrogens is 1. The van der Waals surface area contributed by atoms with Gasteiger partial charge in [-0.05, 0) is 39.3 Å². The van der Waals surface area contributed by atoms with E-state index in [1.165, 1.54) is 0 Å². The van der Waals surface area contributed by atoms with Gasteiger partial charge in [-0.3, -0.25) is 0 Å². The Balaban J connectivity index is 3.52. The molecular weight excluding hydrogens is 234 g/mol. The molecule has 0 saturated heterocycles. The fraction of sp³-hybridized carbons (Fsp3) is 0.500. The van der Waals surface area contributed by atoms with Gasteiger partial charge in [-0.2, -0.15) is 0 Å². The Hall–Kier alpha value is -0.610. The number of nitrogens with zero attached hydrogens (tertiary/aromatic N) is 1. The van der Waals surface area contributed by atoms with Gasteiger partial charge in [-0.1, -0.05) is 11.6 Å². The summed E-state index contributed by atoms with van der Waals surface area (Å²) in [5, 5.41) is -0.417. The summed E-state index contributed by atoms with van der Waals surface area (Å²) in [5.41, 5.74) is 1.38. The minimum absolute atomic E-state index is 0.0706. The first-order valence-corrected chi connectivity index (χ1v) is 6.57. The van der Waals surface area contributed by atoms with Crippen LogP contribution in [0.4, 0.5) is 0 Å². The summed E-state index contributed by atoms with van der Waals surface area (Å²) in [6.07, 6.45) is 0. The molecule has 0 aliphatic rings. The molecule has 3 nitrogen and oxygen atoms in total. The van der Waals surface area contributed by atoms with Crippen molar-refractivity contribution in [1.29, 1.82) is 0 Å². The quantitative estimate of drug-likeness (QED) is 0.755. The van der Waals surface area contributed by atoms with Crippen LogP contribution in [0.5, 0.6) is 0 Å². The third-order valence-electron chi connectivity index (χ3n) is 2.15. The van der Waals surface area contributed by atoms with Crippen molar-refractivity contribution in [2.45, 2.75) is 37.8 Å². The van der Waals surface area contributed by atoms with Crippen LogP contribution in [0.25, 0.3) is 0 Å². The van der Waals surface area contributed by atoms with E-state index in [9.17, 15) is 8.42 Å². The topological polar surface area (TPSA) is 47.0 Å². The van der Waals surface area contributed by atoms with Crippen molar-refractivity contribution in [2.24, 2.45) is 0 Å². The number of pyridine rings is 1. The summed E-state index contributed by atoms with van der Waals surface area (Å²) in [6, 6.07) is 1.72. The van der Waals surface area contributed by atoms with E-state index in [0.29, 0.717) is 5.56 Å². The summed E-state index contributed by atoms with van der Waals surface area (Å²) in [7, 11) is -3.35. The molecule has 1 rings (SSSR count). The first-order chi connectivity index (χ1) is 6.76. The van der Waals surface area contributed by atoms with Crippen LogP contribution in [0.3, 0.4) is 0 Å². The highest BCUT2D eigenvalue weighted by molar-refractivity contribution is 7.92. The predicted octanol–water partition coefficient (Wildman–Crippen LogP) is 2.53. The molecule has 5 heteroatoms. The average molecular weight is 248 g/mol. The Kier molecular flexibility index (Phi) is 3.41. The molecule has 0 radical (unpaired) electrons. The second kappa shape index (κ2) is 4.10. The Morgan fingerprint density at radius 1 is 1.33 bits per heavy atom. The van der Waals surface area contributed by atoms with Crippen molar-refractivity contribution in [3.05, 3.63) is 22.5 Å². The Bertz CT molecular complexity index is 457. The third-order valence-corrected chi connectivity index (χ3v) is 4.86. The number of sulfone groups is 1. The molecule has 0 spiro atoms. The van der Waals surface area contributed by atoms with Crippen molar-refractivity contribution in [3.63, 3.8) is 0 Å². The predicted molar refractivity (Wildman–Crippen MR) is 61.0 cm³/mol. The van der Waals surface area contributed by atoms with Gasteiger partial charge in [0.2, 0.25) is 0 Å². The minimum atomic E-state index is -3.35. The molecule has 1 aromatic heterocycles. The lowest BCUT2D eigenvalue weighted by molar-refractivity contribution is 0.586. The SMILES string of the molecule is Cc1cc(C)c(S(=O)(=O)C(C)C)c(Cl)n1. The minimum Gasteiger partial charge on any atom is -0.240 e. The second-order valence-electron chi connectivity index (χ2n) is 3.79. The van der Waals surface area contributed by atoms with Gasteiger partial charge in [0.05, 0.1) is 5.25 Å². The number of hydrogen-bond donors (Lipinski definition) is 0. The molecule has 0 aliphatic carbocycles. The van der Waals surface area contributed by atoms with Crippen molar-refractivity contribution >= 4 is 21.4 Å². The smallest absolute Gasteiger partial charge is 0.183 e. The summed E-state index contributed by atoms with van der Waals surface area (Å²) in [4.78, 5) is 4.13. The first kappa shape index (κ1) is 12.5. The largest absolute Gasteiger partial charge is 0.240 e. The molecule has 0 fully saturated rings. The van der Waals surface area contributed by atoms with Gasteiger partial charge in [-0.25, -0.2) is 13.4 Å². The monoisotopic (exact) mass is 247 g/mol. The molecule has 0 atom stereocenters. The lowest BCUT2D eigenvalue weighted by Crippen LogP contribution is -2.16. The van der Waals surface area contributed by atoms with Crippen LogP contribution in [-0.2, 0) is 9.84 Å². The van der Waals surface area contributed by atoms with Gasteiger partial charge in [0.15, 0.2) is 9.84 Å². The van der Waals surface area contributed by atoms with Crippen LogP contribution < -0.4 is 0 Å². The molecule has 0 saturated carbocycles. The molecule has 0 aromatic carbocycles. The Labute approximate surface area is 95.4 Å². The molecule has 0 bridgehead atoms. The highest BCUT2D eigenvalue weighted by Crippen LogP contribution is 2.27. The summed E-state index contributed by atoms with van der Waals surface area (Å²) in [5.74, 6) is 0. The Morgan fingerprint density at radius 3 is 2.27 bits per heavy atom. The van der Waals surface area contributed by atoms with Crippen molar-refractivity contribution < 1.29 is 8.42 Å². The van der Waals surface area contributed by atoms with Gasteiger partial charge in [0, 0.05) is 5.69 Å². The molecule has 1 aromatic rings. The zero-order chi connectivity index (χ0) is 11.8. The lowest BCUT2D eigenvalue weighted by atomic mass is 10.2. The van der Waals surface area contributed by atoms with Crippen LogP contribution in [0.1, 0.15) is 25.1 Å². The number of halogens is 1. The Morgan fingerprint density at radius 2 is 1.87 bits per heavy atom. The zero-order valence-electron chi connectivity index (χ0n) is 9.20. The molecule has 0 N–H and O–H groups in total. The maximum atomic E-state index is 12.0. The van der Waals surface area contributed by atoms with E-state index in [0.717, 1.165) is 5.69 Å². The summed E-state index contributed by atoms with van der Waals surface area (Å²) < 4.78 is 23.9. The van der Waals surface area contributed by atoms with E-state index in [4.69, 9.17) is 11.6 Å². The van der Waals surface area contributed by atoms with E-state index in [2.05, 4.69) is 4.98 Å². The third kappa shape index (κ3) is 2.32. The zero-order valence-corrected chi connectivity index (χ0v) is 10.8. The molecule has 84 valence electrons. The van der Waals surface area contributed by atoms with Crippen LogP contribution in [0, 0.1) is 13.8 Å². The molecule has 0 amide bonds. The molecule has 15 heavy (non-hydrogen) atoms. The van der Waals surface area contributed by atoms with Crippen molar-refractivity contribution in [1.82, 2.24) is 4.98 Å². The van der Waals surface area contributed by atoms with E-state index in [1.54, 1.807) is 33.8 Å². The molecule has 0 aliphatic heterocycles. The molecule has 0 unspecified atom stereocenters. The van der Waals surface area contributed by atoms with E-state index < -0.39 is 15.1 Å². The fourth-order valence-electron chi connectivity index (χ4n) is 1.36.